The molecule has 0 saturated carbocycles. The van der Waals surface area contributed by atoms with Crippen molar-refractivity contribution in [2.45, 2.75) is 50.0 Å². The number of aliphatic carboxylic acids is 2. The summed E-state index contributed by atoms with van der Waals surface area (Å²) >= 11 is 0. The molecule has 7 atom stereocenters. The quantitative estimate of drug-likeness (QED) is 0.0162. The summed E-state index contributed by atoms with van der Waals surface area (Å²) in [6.45, 7) is -1.89. The second-order valence-corrected chi connectivity index (χ2v) is 17.4. The van der Waals surface area contributed by atoms with Crippen LogP contribution in [0.2, 0.25) is 0 Å². The molecule has 32 N–H and O–H groups in total. The molecule has 454 valence electrons. The van der Waals surface area contributed by atoms with E-state index in [0.717, 1.165) is 9.80 Å². The van der Waals surface area contributed by atoms with Gasteiger partial charge in [-0.15, -0.1) is 0 Å². The van der Waals surface area contributed by atoms with Gasteiger partial charge in [0.15, 0.2) is 30.0 Å². The molecule has 7 unspecified atom stereocenters. The average molecular weight is 1180 g/mol. The Morgan fingerprint density at radius 1 is 0.536 bits per heavy atom. The Labute approximate surface area is 472 Å². The summed E-state index contributed by atoms with van der Waals surface area (Å²) in [4.78, 5) is 173. The highest BCUT2D eigenvalue weighted by Gasteiger charge is 2.35. The average Bonchev–Trinajstić information content (AvgIpc) is 2.30. The minimum atomic E-state index is -2.48. The fourth-order valence-electron chi connectivity index (χ4n) is 7.03. The molecule has 2 aromatic carbocycles. The number of aliphatic hydroxyl groups is 1. The predicted octanol–water partition coefficient (Wildman–Crippen LogP) is -12.4. The van der Waals surface area contributed by atoms with Crippen molar-refractivity contribution in [2.75, 3.05) is 44.6 Å². The summed E-state index contributed by atoms with van der Waals surface area (Å²) in [6.07, 6.45) is -13.2. The highest BCUT2D eigenvalue weighted by molar-refractivity contribution is 6.00. The Bertz CT molecular complexity index is 3140. The van der Waals surface area contributed by atoms with Gasteiger partial charge in [0.1, 0.15) is 6.04 Å². The minimum absolute atomic E-state index is 0.0428. The number of fused-ring (bicyclic) bond motifs is 1. The summed E-state index contributed by atoms with van der Waals surface area (Å²) in [6, 6.07) is 11.1. The number of aromatic nitrogens is 1. The topological polar surface area (TPSA) is 694 Å². The van der Waals surface area contributed by atoms with Gasteiger partial charge in [-0.05, 0) is 30.2 Å². The number of nitrogens with zero attached hydrogens (tertiary/aromatic N) is 6. The number of aromatic amines is 1. The number of primary amides is 1. The number of nitrogens with one attached hydrogen (secondary N) is 9. The van der Waals surface area contributed by atoms with Crippen molar-refractivity contribution in [3.8, 4) is 0 Å². The molecule has 0 saturated heterocycles. The fraction of sp³-hybridized carbons (Fsp3) is 0.318. The molecule has 0 aliphatic carbocycles. The maximum Gasteiger partial charge on any atom is 0.317 e. The largest absolute Gasteiger partial charge is 0.480 e. The van der Waals surface area contributed by atoms with Gasteiger partial charge in [-0.25, -0.2) is 20.0 Å². The minimum Gasteiger partial charge on any atom is -0.480 e. The molecule has 0 aliphatic rings. The normalized spacial score (nSPS) is 13.2. The van der Waals surface area contributed by atoms with Gasteiger partial charge >= 0.3 is 11.9 Å². The van der Waals surface area contributed by atoms with Gasteiger partial charge < -0.3 is 120 Å². The zero-order valence-electron chi connectivity index (χ0n) is 44.2. The lowest BCUT2D eigenvalue weighted by Crippen LogP contribution is -2.60. The third-order valence-electron chi connectivity index (χ3n) is 10.6. The molecule has 0 aliphatic heterocycles. The summed E-state index contributed by atoms with van der Waals surface area (Å²) < 4.78 is 0. The molecule has 40 nitrogen and oxygen atoms in total. The molecule has 3 rings (SSSR count). The van der Waals surface area contributed by atoms with Crippen LogP contribution in [0.4, 0.5) is 5.69 Å². The summed E-state index contributed by atoms with van der Waals surface area (Å²) in [5, 5.41) is 47.3. The number of benzene rings is 2. The number of aliphatic imine (C=N–C) groups is 4. The van der Waals surface area contributed by atoms with Gasteiger partial charge in [0, 0.05) is 30.2 Å². The Morgan fingerprint density at radius 3 is 1.39 bits per heavy atom. The van der Waals surface area contributed by atoms with E-state index in [1.165, 1.54) is 42.5 Å². The van der Waals surface area contributed by atoms with E-state index >= 15 is 0 Å². The Morgan fingerprint density at radius 2 is 0.964 bits per heavy atom. The molecule has 3 aromatic rings. The van der Waals surface area contributed by atoms with Gasteiger partial charge in [0.05, 0.1) is 31.7 Å². The highest BCUT2D eigenvalue weighted by Crippen LogP contribution is 2.19. The van der Waals surface area contributed by atoms with Crippen LogP contribution in [0, 0.1) is 6.92 Å². The van der Waals surface area contributed by atoms with E-state index in [1.54, 1.807) is 19.1 Å². The number of hydrogen-bond acceptors (Lipinski definition) is 20. The standard InChI is InChI=1S/C44H63N25O15/c1-17-11-22(70)56-21-12-19(7-8-20(17)21)55-23(71)13-68(15-25(73)74)9-10-69(16-26(75)76)14-24(72)57-39(83)40(84)58-27(18-5-3-2-4-6-18)34(78)60-31(65-42(49)50)36(80)62-33(67-44(53)54)38(82)63-32(66-43(51)52)37(81)61-30(64-41(47)48)35(79)59-28(45)29(46)77/h2-8,11-12,27-28,30-33,39,83H,9-10,13-16,45H2,1H3,(H2,46,77)(H,55,71)(H,56,70)(H,57,72)(H,58,84)(H,59,79)(H,60,78)(H,61,81)(H,62,80)(H,63,82)(H,73,74)(H,75,76)(H4,47,48,64)(H4,49,50,65)(H4,51,52,66)(H4,53,54,67). The third kappa shape index (κ3) is 22.8. The number of aliphatic hydroxyl groups excluding tert-OH is 1. The first-order valence-electron chi connectivity index (χ1n) is 23.9. The van der Waals surface area contributed by atoms with E-state index in [4.69, 9.17) is 57.3 Å². The van der Waals surface area contributed by atoms with Crippen LogP contribution in [-0.2, 0) is 52.7 Å². The monoisotopic (exact) mass is 1180 g/mol. The number of carboxylic acid groups (broad SMARTS) is 2. The Hall–Kier alpha value is -11.3. The SMILES string of the molecule is Cc1cc(=O)[nH]c2cc(NC(=O)CN(CCN(CC(=O)O)CC(=O)NC(O)C(=O)NC(C(=O)NC(N=C(N)N)C(=O)NC(N=C(N)N)C(=O)NC(N=C(N)N)C(=O)NC(N=C(N)N)C(=O)NC(N)C(N)=O)c3ccccc3)CC(=O)O)ccc12. The number of H-pyrrole nitrogens is 1. The van der Waals surface area contributed by atoms with Gasteiger partial charge in [-0.1, -0.05) is 36.4 Å². The molecule has 0 bridgehead atoms. The number of carboxylic acids is 2. The third-order valence-corrected chi connectivity index (χ3v) is 10.6. The van der Waals surface area contributed by atoms with E-state index in [1.807, 2.05) is 26.6 Å². The number of carbonyl (C=O) groups is 11. The number of hydrogen-bond donors (Lipinski definition) is 22. The summed E-state index contributed by atoms with van der Waals surface area (Å²) in [7, 11) is 0. The first-order chi connectivity index (χ1) is 39.3. The van der Waals surface area contributed by atoms with Crippen LogP contribution < -0.4 is 105 Å². The van der Waals surface area contributed by atoms with Crippen molar-refractivity contribution < 1.29 is 68.1 Å². The van der Waals surface area contributed by atoms with E-state index in [0.29, 0.717) is 16.5 Å². The fourth-order valence-corrected chi connectivity index (χ4v) is 7.03. The zero-order chi connectivity index (χ0) is 63.1. The Balaban J connectivity index is 1.79. The van der Waals surface area contributed by atoms with Gasteiger partial charge in [0.25, 0.3) is 35.4 Å². The second-order valence-electron chi connectivity index (χ2n) is 17.4. The predicted molar refractivity (Wildman–Crippen MR) is 294 cm³/mol. The van der Waals surface area contributed by atoms with Crippen LogP contribution in [0.25, 0.3) is 10.9 Å². The van der Waals surface area contributed by atoms with E-state index < -0.39 is 158 Å². The highest BCUT2D eigenvalue weighted by atomic mass is 16.4. The van der Waals surface area contributed by atoms with Crippen molar-refractivity contribution >= 4 is 106 Å². The number of nitrogens with two attached hydrogens (primary N) is 10. The number of pyridine rings is 1. The van der Waals surface area contributed by atoms with E-state index in [2.05, 4.69) is 40.9 Å². The number of carbonyl (C=O) groups excluding carboxylic acids is 9. The summed E-state index contributed by atoms with van der Waals surface area (Å²) in [5.74, 6) is -17.9. The molecule has 0 radical (unpaired) electrons. The maximum atomic E-state index is 14.0. The van der Waals surface area contributed by atoms with Crippen molar-refractivity contribution in [2.24, 2.45) is 77.3 Å². The van der Waals surface area contributed by atoms with Crippen LogP contribution in [0.5, 0.6) is 0 Å². The van der Waals surface area contributed by atoms with Crippen LogP contribution in [0.1, 0.15) is 17.2 Å². The van der Waals surface area contributed by atoms with Crippen molar-refractivity contribution in [3.05, 3.63) is 76.1 Å². The molecule has 1 aromatic heterocycles. The van der Waals surface area contributed by atoms with Gasteiger partial charge in [0.2, 0.25) is 54.2 Å². The van der Waals surface area contributed by atoms with Crippen molar-refractivity contribution in [1.82, 2.24) is 52.0 Å². The van der Waals surface area contributed by atoms with Crippen LogP contribution in [-0.4, -0.2) is 195 Å². The molecule has 84 heavy (non-hydrogen) atoms. The second kappa shape index (κ2) is 31.5. The smallest absolute Gasteiger partial charge is 0.317 e. The van der Waals surface area contributed by atoms with Gasteiger partial charge in [-0.2, -0.15) is 0 Å². The van der Waals surface area contributed by atoms with Gasteiger partial charge in [-0.3, -0.25) is 67.3 Å². The zero-order valence-corrected chi connectivity index (χ0v) is 44.2. The lowest BCUT2D eigenvalue weighted by molar-refractivity contribution is -0.142. The lowest BCUT2D eigenvalue weighted by Gasteiger charge is -2.26. The van der Waals surface area contributed by atoms with Crippen LogP contribution in [0.3, 0.4) is 0 Å². The summed E-state index contributed by atoms with van der Waals surface area (Å²) in [5.41, 5.74) is 55.1. The van der Waals surface area contributed by atoms with Crippen molar-refractivity contribution in [1.29, 1.82) is 0 Å². The molecular weight excluding hydrogens is 1120 g/mol. The van der Waals surface area contributed by atoms with Crippen LogP contribution in [0.15, 0.2) is 79.4 Å². The number of guanidine groups is 4. The molecule has 9 amide bonds. The molecular formula is C44H63N25O15. The van der Waals surface area contributed by atoms with Crippen molar-refractivity contribution in [3.63, 3.8) is 0 Å². The molecule has 0 spiro atoms. The first-order valence-corrected chi connectivity index (χ1v) is 23.9. The molecule has 0 fully saturated rings. The number of aryl methyl sites for hydroxylation is 1. The number of amides is 9. The maximum absolute atomic E-state index is 14.0. The molecule has 1 heterocycles. The van der Waals surface area contributed by atoms with E-state index in [9.17, 15) is 72.9 Å². The number of rotatable bonds is 31. The number of anilines is 1. The Kier molecular flexibility index (Phi) is 25.1. The van der Waals surface area contributed by atoms with Crippen LogP contribution >= 0.6 is 0 Å². The molecule has 40 heteroatoms. The van der Waals surface area contributed by atoms with E-state index in [-0.39, 0.29) is 29.9 Å². The first kappa shape index (κ1) is 67.0. The lowest BCUT2D eigenvalue weighted by atomic mass is 10.1.